The average Bonchev–Trinajstić information content (AvgIpc) is 3.09. The van der Waals surface area contributed by atoms with Gasteiger partial charge in [0.2, 0.25) is 0 Å². The summed E-state index contributed by atoms with van der Waals surface area (Å²) < 4.78 is 1.92. The zero-order valence-electron chi connectivity index (χ0n) is 12.9. The highest BCUT2D eigenvalue weighted by molar-refractivity contribution is 6.30. The molecule has 4 aromatic rings. The molecule has 0 saturated heterocycles. The Morgan fingerprint density at radius 1 is 0.708 bits per heavy atom. The maximum atomic E-state index is 6.18. The molecule has 24 heavy (non-hydrogen) atoms. The number of rotatable bonds is 3. The Morgan fingerprint density at radius 3 is 2.08 bits per heavy atom. The lowest BCUT2D eigenvalue weighted by Gasteiger charge is -2.03. The number of nitrogens with zero attached hydrogens (tertiary/aromatic N) is 2. The Hall–Kier alpha value is -2.84. The van der Waals surface area contributed by atoms with E-state index in [-0.39, 0.29) is 0 Å². The van der Waals surface area contributed by atoms with Crippen molar-refractivity contribution in [1.82, 2.24) is 9.78 Å². The predicted octanol–water partition coefficient (Wildman–Crippen LogP) is 5.86. The van der Waals surface area contributed by atoms with Crippen LogP contribution >= 0.6 is 11.6 Å². The van der Waals surface area contributed by atoms with Crippen molar-refractivity contribution in [2.75, 3.05) is 0 Å². The summed E-state index contributed by atoms with van der Waals surface area (Å²) in [5.74, 6) is 0. The van der Waals surface area contributed by atoms with Gasteiger partial charge in [-0.1, -0.05) is 72.3 Å². The van der Waals surface area contributed by atoms with Crippen molar-refractivity contribution in [3.63, 3.8) is 0 Å². The van der Waals surface area contributed by atoms with Crippen LogP contribution in [0.5, 0.6) is 0 Å². The Balaban J connectivity index is 1.92. The van der Waals surface area contributed by atoms with E-state index >= 15 is 0 Å². The summed E-state index contributed by atoms with van der Waals surface area (Å²) in [6, 6.07) is 28.2. The zero-order chi connectivity index (χ0) is 16.4. The summed E-state index contributed by atoms with van der Waals surface area (Å²) in [4.78, 5) is 0. The zero-order valence-corrected chi connectivity index (χ0v) is 13.7. The molecule has 0 aliphatic rings. The van der Waals surface area contributed by atoms with Crippen LogP contribution in [-0.4, -0.2) is 9.78 Å². The molecule has 0 fully saturated rings. The van der Waals surface area contributed by atoms with Crippen molar-refractivity contribution in [1.29, 1.82) is 0 Å². The first kappa shape index (κ1) is 14.7. The van der Waals surface area contributed by atoms with Crippen molar-refractivity contribution in [3.05, 3.63) is 96.1 Å². The highest BCUT2D eigenvalue weighted by Gasteiger charge is 2.14. The van der Waals surface area contributed by atoms with Gasteiger partial charge in [-0.3, -0.25) is 0 Å². The van der Waals surface area contributed by atoms with Gasteiger partial charge in [-0.2, -0.15) is 5.10 Å². The van der Waals surface area contributed by atoms with Gasteiger partial charge in [-0.05, 0) is 29.8 Å². The SMILES string of the molecule is Clc1cccc(-c2nn(-c3ccccc3)cc2-c2ccccc2)c1. The molecular formula is C21H15ClN2. The van der Waals surface area contributed by atoms with Crippen LogP contribution in [0.25, 0.3) is 28.1 Å². The molecule has 3 heteroatoms. The number of benzene rings is 3. The van der Waals surface area contributed by atoms with Gasteiger partial charge in [0.1, 0.15) is 5.69 Å². The molecule has 0 aliphatic carbocycles. The fraction of sp³-hybridized carbons (Fsp3) is 0. The molecule has 0 atom stereocenters. The van der Waals surface area contributed by atoms with Gasteiger partial charge in [0.15, 0.2) is 0 Å². The smallest absolute Gasteiger partial charge is 0.101 e. The average molecular weight is 331 g/mol. The molecule has 4 rings (SSSR count). The quantitative estimate of drug-likeness (QED) is 0.460. The van der Waals surface area contributed by atoms with Crippen LogP contribution < -0.4 is 0 Å². The second-order valence-electron chi connectivity index (χ2n) is 5.55. The van der Waals surface area contributed by atoms with E-state index in [1.165, 1.54) is 0 Å². The minimum atomic E-state index is 0.709. The largest absolute Gasteiger partial charge is 0.240 e. The van der Waals surface area contributed by atoms with E-state index < -0.39 is 0 Å². The monoisotopic (exact) mass is 330 g/mol. The molecule has 1 heterocycles. The molecule has 0 spiro atoms. The van der Waals surface area contributed by atoms with Crippen LogP contribution in [0.15, 0.2) is 91.1 Å². The van der Waals surface area contributed by atoms with Crippen LogP contribution in [-0.2, 0) is 0 Å². The van der Waals surface area contributed by atoms with Crippen LogP contribution in [0.4, 0.5) is 0 Å². The second-order valence-corrected chi connectivity index (χ2v) is 5.98. The highest BCUT2D eigenvalue weighted by Crippen LogP contribution is 2.32. The van der Waals surface area contributed by atoms with E-state index in [1.807, 2.05) is 77.5 Å². The first-order chi connectivity index (χ1) is 11.8. The van der Waals surface area contributed by atoms with Gasteiger partial charge < -0.3 is 0 Å². The van der Waals surface area contributed by atoms with Gasteiger partial charge in [0, 0.05) is 22.3 Å². The molecule has 0 radical (unpaired) electrons. The molecule has 2 nitrogen and oxygen atoms in total. The van der Waals surface area contributed by atoms with E-state index in [4.69, 9.17) is 16.7 Å². The summed E-state index contributed by atoms with van der Waals surface area (Å²) in [5.41, 5.74) is 5.18. The molecule has 1 aromatic heterocycles. The maximum Gasteiger partial charge on any atom is 0.101 e. The van der Waals surface area contributed by atoms with Gasteiger partial charge in [0.05, 0.1) is 5.69 Å². The maximum absolute atomic E-state index is 6.18. The number of hydrogen-bond donors (Lipinski definition) is 0. The second kappa shape index (κ2) is 6.34. The van der Waals surface area contributed by atoms with Crippen molar-refractivity contribution in [2.45, 2.75) is 0 Å². The number of hydrogen-bond acceptors (Lipinski definition) is 1. The molecule has 0 unspecified atom stereocenters. The van der Waals surface area contributed by atoms with Gasteiger partial charge >= 0.3 is 0 Å². The Kier molecular flexibility index (Phi) is 3.89. The fourth-order valence-electron chi connectivity index (χ4n) is 2.76. The van der Waals surface area contributed by atoms with Gasteiger partial charge in [-0.25, -0.2) is 4.68 Å². The first-order valence-corrected chi connectivity index (χ1v) is 8.15. The standard InChI is InChI=1S/C21H15ClN2/c22-18-11-7-10-17(14-18)21-20(16-8-3-1-4-9-16)15-24(23-21)19-12-5-2-6-13-19/h1-15H. The van der Waals surface area contributed by atoms with Crippen molar-refractivity contribution in [2.24, 2.45) is 0 Å². The summed E-state index contributed by atoms with van der Waals surface area (Å²) in [7, 11) is 0. The first-order valence-electron chi connectivity index (χ1n) is 7.78. The summed E-state index contributed by atoms with van der Waals surface area (Å²) in [6.07, 6.45) is 2.07. The Bertz CT molecular complexity index is 960. The lowest BCUT2D eigenvalue weighted by Crippen LogP contribution is -1.93. The molecule has 0 saturated carbocycles. The van der Waals surface area contributed by atoms with E-state index in [0.29, 0.717) is 5.02 Å². The molecule has 3 aromatic carbocycles. The Morgan fingerprint density at radius 2 is 1.38 bits per heavy atom. The van der Waals surface area contributed by atoms with Crippen LogP contribution in [0.1, 0.15) is 0 Å². The third-order valence-corrected chi connectivity index (χ3v) is 4.15. The fourth-order valence-corrected chi connectivity index (χ4v) is 2.96. The van der Waals surface area contributed by atoms with E-state index in [0.717, 1.165) is 28.1 Å². The van der Waals surface area contributed by atoms with Crippen LogP contribution in [0.2, 0.25) is 5.02 Å². The molecule has 0 aliphatic heterocycles. The molecule has 0 bridgehead atoms. The Labute approximate surface area is 146 Å². The lowest BCUT2D eigenvalue weighted by molar-refractivity contribution is 0.884. The topological polar surface area (TPSA) is 17.8 Å². The summed E-state index contributed by atoms with van der Waals surface area (Å²) >= 11 is 6.18. The molecule has 116 valence electrons. The third kappa shape index (κ3) is 2.84. The normalized spacial score (nSPS) is 10.7. The van der Waals surface area contributed by atoms with Gasteiger partial charge in [-0.15, -0.1) is 0 Å². The van der Waals surface area contributed by atoms with E-state index in [9.17, 15) is 0 Å². The number of halogens is 1. The van der Waals surface area contributed by atoms with E-state index in [1.54, 1.807) is 0 Å². The molecule has 0 amide bonds. The van der Waals surface area contributed by atoms with Crippen LogP contribution in [0, 0.1) is 0 Å². The lowest BCUT2D eigenvalue weighted by atomic mass is 10.0. The molecule has 0 N–H and O–H groups in total. The highest BCUT2D eigenvalue weighted by atomic mass is 35.5. The van der Waals surface area contributed by atoms with Crippen molar-refractivity contribution in [3.8, 4) is 28.1 Å². The van der Waals surface area contributed by atoms with E-state index in [2.05, 4.69) is 18.3 Å². The minimum absolute atomic E-state index is 0.709. The predicted molar refractivity (Wildman–Crippen MR) is 99.4 cm³/mol. The minimum Gasteiger partial charge on any atom is -0.240 e. The van der Waals surface area contributed by atoms with Crippen molar-refractivity contribution < 1.29 is 0 Å². The summed E-state index contributed by atoms with van der Waals surface area (Å²) in [5, 5.41) is 5.54. The van der Waals surface area contributed by atoms with Crippen LogP contribution in [0.3, 0.4) is 0 Å². The van der Waals surface area contributed by atoms with Crippen molar-refractivity contribution >= 4 is 11.6 Å². The number of para-hydroxylation sites is 1. The molecular weight excluding hydrogens is 316 g/mol. The third-order valence-electron chi connectivity index (χ3n) is 3.92. The number of aromatic nitrogens is 2. The summed E-state index contributed by atoms with van der Waals surface area (Å²) in [6.45, 7) is 0. The van der Waals surface area contributed by atoms with Gasteiger partial charge in [0.25, 0.3) is 0 Å².